The molecule has 9 heavy (non-hydrogen) atoms. The van der Waals surface area contributed by atoms with Crippen LogP contribution in [0.5, 0.6) is 0 Å². The van der Waals surface area contributed by atoms with E-state index < -0.39 is 0 Å². The van der Waals surface area contributed by atoms with Crippen LogP contribution < -0.4 is 5.73 Å². The van der Waals surface area contributed by atoms with Crippen LogP contribution in [0.2, 0.25) is 0 Å². The van der Waals surface area contributed by atoms with E-state index in [1.165, 1.54) is 25.7 Å². The van der Waals surface area contributed by atoms with Gasteiger partial charge in [0.1, 0.15) is 0 Å². The van der Waals surface area contributed by atoms with Crippen molar-refractivity contribution in [3.05, 3.63) is 0 Å². The summed E-state index contributed by atoms with van der Waals surface area (Å²) in [4.78, 5) is 0. The van der Waals surface area contributed by atoms with Gasteiger partial charge in [-0.25, -0.2) is 0 Å². The molecule has 0 aromatic carbocycles. The molecule has 0 spiro atoms. The lowest BCUT2D eigenvalue weighted by atomic mass is 9.79. The first-order chi connectivity index (χ1) is 4.33. The van der Waals surface area contributed by atoms with Crippen LogP contribution in [0.25, 0.3) is 0 Å². The summed E-state index contributed by atoms with van der Waals surface area (Å²) in [5.74, 6) is 1.79. The van der Waals surface area contributed by atoms with Crippen molar-refractivity contribution in [2.24, 2.45) is 17.6 Å². The molecule has 0 saturated heterocycles. The minimum Gasteiger partial charge on any atom is -0.330 e. The normalized spacial score (nSPS) is 23.3. The van der Waals surface area contributed by atoms with Gasteiger partial charge in [0.05, 0.1) is 0 Å². The second kappa shape index (κ2) is 3.21. The lowest BCUT2D eigenvalue weighted by Crippen LogP contribution is -2.19. The van der Waals surface area contributed by atoms with Crippen LogP contribution in [-0.2, 0) is 0 Å². The Bertz CT molecular complexity index is 73.9. The average Bonchev–Trinajstić information content (AvgIpc) is 1.78. The van der Waals surface area contributed by atoms with E-state index in [9.17, 15) is 0 Å². The van der Waals surface area contributed by atoms with Crippen LogP contribution in [0.4, 0.5) is 0 Å². The summed E-state index contributed by atoms with van der Waals surface area (Å²) < 4.78 is 0. The van der Waals surface area contributed by atoms with E-state index in [1.807, 2.05) is 0 Å². The standard InChI is InChI=1S/C8H17N/c1-7(6-9)5-8-3-2-4-8/h7-8H,2-6,9H2,1H3/t7-/m1/s1. The first kappa shape index (κ1) is 7.07. The molecular weight excluding hydrogens is 110 g/mol. The van der Waals surface area contributed by atoms with Crippen molar-refractivity contribution in [2.45, 2.75) is 32.6 Å². The first-order valence-corrected chi connectivity index (χ1v) is 4.03. The molecule has 0 amide bonds. The van der Waals surface area contributed by atoms with Gasteiger partial charge in [-0.15, -0.1) is 0 Å². The Morgan fingerprint density at radius 2 is 2.22 bits per heavy atom. The topological polar surface area (TPSA) is 26.0 Å². The molecular formula is C8H17N. The average molecular weight is 127 g/mol. The van der Waals surface area contributed by atoms with Crippen molar-refractivity contribution >= 4 is 0 Å². The highest BCUT2D eigenvalue weighted by molar-refractivity contribution is 4.71. The van der Waals surface area contributed by atoms with Gasteiger partial charge >= 0.3 is 0 Å². The number of hydrogen-bond donors (Lipinski definition) is 1. The maximum atomic E-state index is 5.50. The van der Waals surface area contributed by atoms with Crippen molar-refractivity contribution in [1.29, 1.82) is 0 Å². The second-order valence-electron chi connectivity index (χ2n) is 3.37. The van der Waals surface area contributed by atoms with Crippen LogP contribution >= 0.6 is 0 Å². The minimum atomic E-state index is 0.760. The predicted octanol–water partition coefficient (Wildman–Crippen LogP) is 1.77. The molecule has 0 aromatic heterocycles. The van der Waals surface area contributed by atoms with E-state index >= 15 is 0 Å². The summed E-state index contributed by atoms with van der Waals surface area (Å²) >= 11 is 0. The van der Waals surface area contributed by atoms with Crippen molar-refractivity contribution in [1.82, 2.24) is 0 Å². The molecule has 0 unspecified atom stereocenters. The van der Waals surface area contributed by atoms with Crippen molar-refractivity contribution < 1.29 is 0 Å². The number of hydrogen-bond acceptors (Lipinski definition) is 1. The highest BCUT2D eigenvalue weighted by Crippen LogP contribution is 2.31. The SMILES string of the molecule is C[C@@H](CN)CC1CCC1. The highest BCUT2D eigenvalue weighted by Gasteiger charge is 2.18. The number of rotatable bonds is 3. The third-order valence-electron chi connectivity index (χ3n) is 2.36. The Labute approximate surface area is 57.6 Å². The second-order valence-corrected chi connectivity index (χ2v) is 3.37. The van der Waals surface area contributed by atoms with Gasteiger partial charge in [-0.1, -0.05) is 26.2 Å². The molecule has 54 valence electrons. The van der Waals surface area contributed by atoms with E-state index in [0.29, 0.717) is 0 Å². The summed E-state index contributed by atoms with van der Waals surface area (Å²) in [6.07, 6.45) is 5.76. The first-order valence-electron chi connectivity index (χ1n) is 4.03. The van der Waals surface area contributed by atoms with Gasteiger partial charge in [-0.2, -0.15) is 0 Å². The third-order valence-corrected chi connectivity index (χ3v) is 2.36. The Kier molecular flexibility index (Phi) is 2.52. The van der Waals surface area contributed by atoms with Crippen molar-refractivity contribution in [3.63, 3.8) is 0 Å². The molecule has 0 aliphatic heterocycles. The van der Waals surface area contributed by atoms with Crippen LogP contribution in [0.15, 0.2) is 0 Å². The molecule has 1 atom stereocenters. The third kappa shape index (κ3) is 1.98. The summed E-state index contributed by atoms with van der Waals surface area (Å²) in [6, 6.07) is 0. The molecule has 1 rings (SSSR count). The fourth-order valence-corrected chi connectivity index (χ4v) is 1.39. The van der Waals surface area contributed by atoms with Gasteiger partial charge in [0.25, 0.3) is 0 Å². The van der Waals surface area contributed by atoms with E-state index in [4.69, 9.17) is 5.73 Å². The lowest BCUT2D eigenvalue weighted by Gasteiger charge is -2.27. The maximum absolute atomic E-state index is 5.50. The number of nitrogens with two attached hydrogens (primary N) is 1. The maximum Gasteiger partial charge on any atom is -0.00514 e. The summed E-state index contributed by atoms with van der Waals surface area (Å²) in [6.45, 7) is 3.12. The monoisotopic (exact) mass is 127 g/mol. The molecule has 1 heteroatoms. The van der Waals surface area contributed by atoms with Gasteiger partial charge in [0.15, 0.2) is 0 Å². The Balaban J connectivity index is 2.01. The molecule has 0 radical (unpaired) electrons. The Hall–Kier alpha value is -0.0400. The zero-order valence-electron chi connectivity index (χ0n) is 6.27. The van der Waals surface area contributed by atoms with Crippen LogP contribution in [0, 0.1) is 11.8 Å². The molecule has 1 nitrogen and oxygen atoms in total. The van der Waals surface area contributed by atoms with E-state index in [-0.39, 0.29) is 0 Å². The van der Waals surface area contributed by atoms with Crippen molar-refractivity contribution in [2.75, 3.05) is 6.54 Å². The fourth-order valence-electron chi connectivity index (χ4n) is 1.39. The van der Waals surface area contributed by atoms with Crippen molar-refractivity contribution in [3.8, 4) is 0 Å². The summed E-state index contributed by atoms with van der Waals surface area (Å²) in [7, 11) is 0. The van der Waals surface area contributed by atoms with E-state index in [1.54, 1.807) is 0 Å². The Morgan fingerprint density at radius 1 is 1.56 bits per heavy atom. The molecule has 0 aromatic rings. The molecule has 1 fully saturated rings. The zero-order valence-corrected chi connectivity index (χ0v) is 6.27. The largest absolute Gasteiger partial charge is 0.330 e. The lowest BCUT2D eigenvalue weighted by molar-refractivity contribution is 0.259. The molecule has 0 heterocycles. The van der Waals surface area contributed by atoms with Crippen LogP contribution in [0.1, 0.15) is 32.6 Å². The van der Waals surface area contributed by atoms with E-state index in [2.05, 4.69) is 6.92 Å². The fraction of sp³-hybridized carbons (Fsp3) is 1.00. The molecule has 1 aliphatic carbocycles. The highest BCUT2D eigenvalue weighted by atomic mass is 14.5. The van der Waals surface area contributed by atoms with Gasteiger partial charge in [-0.3, -0.25) is 0 Å². The summed E-state index contributed by atoms with van der Waals surface area (Å²) in [5.41, 5.74) is 5.50. The van der Waals surface area contributed by atoms with E-state index in [0.717, 1.165) is 18.4 Å². The Morgan fingerprint density at radius 3 is 2.56 bits per heavy atom. The van der Waals surface area contributed by atoms with Gasteiger partial charge in [0.2, 0.25) is 0 Å². The molecule has 1 saturated carbocycles. The smallest absolute Gasteiger partial charge is 0.00514 e. The van der Waals surface area contributed by atoms with Gasteiger partial charge in [0, 0.05) is 0 Å². The van der Waals surface area contributed by atoms with Gasteiger partial charge < -0.3 is 5.73 Å². The molecule has 1 aliphatic rings. The van der Waals surface area contributed by atoms with Crippen LogP contribution in [0.3, 0.4) is 0 Å². The molecule has 0 bridgehead atoms. The van der Waals surface area contributed by atoms with Gasteiger partial charge in [-0.05, 0) is 24.8 Å². The summed E-state index contributed by atoms with van der Waals surface area (Å²) in [5, 5.41) is 0. The molecule has 2 N–H and O–H groups in total. The minimum absolute atomic E-state index is 0.760. The van der Waals surface area contributed by atoms with Crippen LogP contribution in [-0.4, -0.2) is 6.54 Å². The predicted molar refractivity (Wildman–Crippen MR) is 40.2 cm³/mol. The zero-order chi connectivity index (χ0) is 6.69. The quantitative estimate of drug-likeness (QED) is 0.614.